The maximum absolute atomic E-state index is 12.6. The lowest BCUT2D eigenvalue weighted by Gasteiger charge is -2.09. The number of hydrogen-bond acceptors (Lipinski definition) is 2. The summed E-state index contributed by atoms with van der Waals surface area (Å²) in [6.45, 7) is 5.18. The SMILES string of the molecule is CCOC(=O)C(F)C(C)C. The van der Waals surface area contributed by atoms with Crippen molar-refractivity contribution < 1.29 is 13.9 Å². The number of hydrogen-bond donors (Lipinski definition) is 0. The van der Waals surface area contributed by atoms with Crippen LogP contribution in [0.1, 0.15) is 20.8 Å². The Morgan fingerprint density at radius 3 is 2.40 bits per heavy atom. The summed E-state index contributed by atoms with van der Waals surface area (Å²) in [4.78, 5) is 10.6. The Balaban J connectivity index is 3.71. The molecule has 0 amide bonds. The van der Waals surface area contributed by atoms with Gasteiger partial charge in [0.25, 0.3) is 0 Å². The zero-order chi connectivity index (χ0) is 8.15. The fourth-order valence-electron chi connectivity index (χ4n) is 0.494. The standard InChI is InChI=1S/C7H13FO2/c1-4-10-7(9)6(8)5(2)3/h5-6H,4H2,1-3H3. The number of carbonyl (C=O) groups excluding carboxylic acids is 1. The number of carbonyl (C=O) groups is 1. The quantitative estimate of drug-likeness (QED) is 0.567. The summed E-state index contributed by atoms with van der Waals surface area (Å²) >= 11 is 0. The third kappa shape index (κ3) is 2.80. The van der Waals surface area contributed by atoms with E-state index in [-0.39, 0.29) is 12.5 Å². The molecule has 1 unspecified atom stereocenters. The lowest BCUT2D eigenvalue weighted by Crippen LogP contribution is -2.23. The second-order valence-corrected chi connectivity index (χ2v) is 2.40. The van der Waals surface area contributed by atoms with Crippen LogP contribution in [0, 0.1) is 5.92 Å². The highest BCUT2D eigenvalue weighted by Crippen LogP contribution is 2.07. The molecule has 0 aliphatic heterocycles. The summed E-state index contributed by atoms with van der Waals surface area (Å²) in [6.07, 6.45) is -1.47. The molecule has 0 heterocycles. The van der Waals surface area contributed by atoms with Crippen LogP contribution in [-0.4, -0.2) is 18.7 Å². The number of alkyl halides is 1. The number of halogens is 1. The summed E-state index contributed by atoms with van der Waals surface area (Å²) < 4.78 is 17.1. The first-order valence-corrected chi connectivity index (χ1v) is 3.40. The van der Waals surface area contributed by atoms with E-state index in [2.05, 4.69) is 4.74 Å². The van der Waals surface area contributed by atoms with Gasteiger partial charge < -0.3 is 4.74 Å². The Labute approximate surface area is 60.4 Å². The van der Waals surface area contributed by atoms with Crippen molar-refractivity contribution in [3.05, 3.63) is 0 Å². The molecule has 10 heavy (non-hydrogen) atoms. The number of ether oxygens (including phenoxy) is 1. The van der Waals surface area contributed by atoms with E-state index in [1.165, 1.54) is 0 Å². The van der Waals surface area contributed by atoms with Gasteiger partial charge in [-0.3, -0.25) is 0 Å². The van der Waals surface area contributed by atoms with Crippen molar-refractivity contribution in [1.82, 2.24) is 0 Å². The van der Waals surface area contributed by atoms with Crippen LogP contribution in [0.3, 0.4) is 0 Å². The van der Waals surface area contributed by atoms with Crippen molar-refractivity contribution in [1.29, 1.82) is 0 Å². The molecule has 0 aliphatic rings. The molecule has 0 aromatic carbocycles. The average molecular weight is 148 g/mol. The van der Waals surface area contributed by atoms with Gasteiger partial charge in [0.1, 0.15) is 0 Å². The monoisotopic (exact) mass is 148 g/mol. The fraction of sp³-hybridized carbons (Fsp3) is 0.857. The van der Waals surface area contributed by atoms with Crippen LogP contribution in [-0.2, 0) is 9.53 Å². The van der Waals surface area contributed by atoms with E-state index in [1.54, 1.807) is 20.8 Å². The Hall–Kier alpha value is -0.600. The molecule has 0 rings (SSSR count). The lowest BCUT2D eigenvalue weighted by atomic mass is 10.1. The molecule has 0 fully saturated rings. The first-order chi connectivity index (χ1) is 4.59. The molecule has 60 valence electrons. The molecule has 0 aromatic rings. The van der Waals surface area contributed by atoms with Crippen molar-refractivity contribution in [2.45, 2.75) is 26.9 Å². The molecular weight excluding hydrogens is 135 g/mol. The van der Waals surface area contributed by atoms with Crippen LogP contribution in [0.25, 0.3) is 0 Å². The summed E-state index contributed by atoms with van der Waals surface area (Å²) in [5.74, 6) is -1.04. The predicted molar refractivity (Wildman–Crippen MR) is 36.4 cm³/mol. The maximum atomic E-state index is 12.6. The maximum Gasteiger partial charge on any atom is 0.340 e. The van der Waals surface area contributed by atoms with Gasteiger partial charge in [0.2, 0.25) is 0 Å². The largest absolute Gasteiger partial charge is 0.464 e. The normalized spacial score (nSPS) is 13.3. The molecule has 0 bridgehead atoms. The zero-order valence-electron chi connectivity index (χ0n) is 6.56. The van der Waals surface area contributed by atoms with E-state index in [0.29, 0.717) is 0 Å². The van der Waals surface area contributed by atoms with E-state index in [4.69, 9.17) is 0 Å². The van der Waals surface area contributed by atoms with Crippen LogP contribution < -0.4 is 0 Å². The van der Waals surface area contributed by atoms with E-state index in [1.807, 2.05) is 0 Å². The van der Waals surface area contributed by atoms with Crippen LogP contribution in [0.4, 0.5) is 4.39 Å². The first kappa shape index (κ1) is 9.40. The van der Waals surface area contributed by atoms with Crippen molar-refractivity contribution in [3.8, 4) is 0 Å². The van der Waals surface area contributed by atoms with Gasteiger partial charge in [-0.05, 0) is 12.8 Å². The van der Waals surface area contributed by atoms with Crippen LogP contribution in [0.15, 0.2) is 0 Å². The van der Waals surface area contributed by atoms with E-state index in [9.17, 15) is 9.18 Å². The van der Waals surface area contributed by atoms with Crippen molar-refractivity contribution in [3.63, 3.8) is 0 Å². The summed E-state index contributed by atoms with van der Waals surface area (Å²) in [5, 5.41) is 0. The fourth-order valence-corrected chi connectivity index (χ4v) is 0.494. The molecule has 0 saturated carbocycles. The van der Waals surface area contributed by atoms with Gasteiger partial charge in [-0.1, -0.05) is 13.8 Å². The number of esters is 1. The highest BCUT2D eigenvalue weighted by Gasteiger charge is 2.21. The Bertz CT molecular complexity index is 112. The van der Waals surface area contributed by atoms with Crippen LogP contribution in [0.5, 0.6) is 0 Å². The molecular formula is C7H13FO2. The van der Waals surface area contributed by atoms with Gasteiger partial charge in [0.15, 0.2) is 6.17 Å². The Kier molecular flexibility index (Phi) is 4.00. The molecule has 3 heteroatoms. The Morgan fingerprint density at radius 2 is 2.10 bits per heavy atom. The third-order valence-corrected chi connectivity index (χ3v) is 1.10. The Morgan fingerprint density at radius 1 is 1.60 bits per heavy atom. The van der Waals surface area contributed by atoms with Crippen LogP contribution in [0.2, 0.25) is 0 Å². The molecule has 2 nitrogen and oxygen atoms in total. The smallest absolute Gasteiger partial charge is 0.340 e. The lowest BCUT2D eigenvalue weighted by molar-refractivity contribution is -0.150. The summed E-state index contributed by atoms with van der Waals surface area (Å²) in [7, 11) is 0. The van der Waals surface area contributed by atoms with Gasteiger partial charge in [-0.15, -0.1) is 0 Å². The van der Waals surface area contributed by atoms with Crippen molar-refractivity contribution >= 4 is 5.97 Å². The zero-order valence-corrected chi connectivity index (χ0v) is 6.56. The van der Waals surface area contributed by atoms with E-state index < -0.39 is 12.1 Å². The molecule has 0 radical (unpaired) electrons. The van der Waals surface area contributed by atoms with E-state index in [0.717, 1.165) is 0 Å². The third-order valence-electron chi connectivity index (χ3n) is 1.10. The minimum absolute atomic E-state index is 0.242. The molecule has 0 N–H and O–H groups in total. The van der Waals surface area contributed by atoms with Crippen LogP contribution >= 0.6 is 0 Å². The molecule has 0 aliphatic carbocycles. The first-order valence-electron chi connectivity index (χ1n) is 3.40. The molecule has 0 spiro atoms. The highest BCUT2D eigenvalue weighted by atomic mass is 19.1. The van der Waals surface area contributed by atoms with Gasteiger partial charge in [0, 0.05) is 0 Å². The van der Waals surface area contributed by atoms with Crippen molar-refractivity contribution in [2.75, 3.05) is 6.61 Å². The minimum atomic E-state index is -1.47. The van der Waals surface area contributed by atoms with Gasteiger partial charge in [0.05, 0.1) is 6.61 Å². The highest BCUT2D eigenvalue weighted by molar-refractivity contribution is 5.74. The van der Waals surface area contributed by atoms with Gasteiger partial charge >= 0.3 is 5.97 Å². The molecule has 1 atom stereocenters. The topological polar surface area (TPSA) is 26.3 Å². The summed E-state index contributed by atoms with van der Waals surface area (Å²) in [6, 6.07) is 0. The van der Waals surface area contributed by atoms with E-state index >= 15 is 0 Å². The van der Waals surface area contributed by atoms with Gasteiger partial charge in [-0.2, -0.15) is 0 Å². The number of rotatable bonds is 3. The molecule has 0 saturated heterocycles. The van der Waals surface area contributed by atoms with Gasteiger partial charge in [-0.25, -0.2) is 9.18 Å². The minimum Gasteiger partial charge on any atom is -0.464 e. The summed E-state index contributed by atoms with van der Waals surface area (Å²) in [5.41, 5.74) is 0. The molecule has 0 aromatic heterocycles. The predicted octanol–water partition coefficient (Wildman–Crippen LogP) is 1.54. The van der Waals surface area contributed by atoms with Crippen molar-refractivity contribution in [2.24, 2.45) is 5.92 Å². The second kappa shape index (κ2) is 4.25. The average Bonchev–Trinajstić information content (AvgIpc) is 1.87. The second-order valence-electron chi connectivity index (χ2n) is 2.40.